The summed E-state index contributed by atoms with van der Waals surface area (Å²) in [4.78, 5) is 10.5. The molecule has 0 N–H and O–H groups in total. The van der Waals surface area contributed by atoms with Gasteiger partial charge in [-0.3, -0.25) is 4.79 Å². The Hall–Kier alpha value is 0.0500. The van der Waals surface area contributed by atoms with Crippen molar-refractivity contribution in [1.82, 2.24) is 0 Å². The lowest BCUT2D eigenvalue weighted by Gasteiger charge is -2.26. The quantitative estimate of drug-likeness (QED) is 0.517. The van der Waals surface area contributed by atoms with Crippen molar-refractivity contribution in [2.24, 2.45) is 5.41 Å². The number of esters is 1. The number of hydrogen-bond acceptors (Lipinski definition) is 2. The van der Waals surface area contributed by atoms with Gasteiger partial charge in [-0.15, -0.1) is 23.2 Å². The molecule has 72 valence electrons. The molecule has 0 heterocycles. The van der Waals surface area contributed by atoms with Gasteiger partial charge in [0.2, 0.25) is 0 Å². The van der Waals surface area contributed by atoms with E-state index in [1.807, 2.05) is 6.92 Å². The Morgan fingerprint density at radius 1 is 1.42 bits per heavy atom. The topological polar surface area (TPSA) is 26.3 Å². The van der Waals surface area contributed by atoms with Crippen molar-refractivity contribution >= 4 is 29.2 Å². The average molecular weight is 213 g/mol. The highest BCUT2D eigenvalue weighted by atomic mass is 35.5. The Labute approximate surface area is 83.2 Å². The first kappa shape index (κ1) is 12.0. The monoisotopic (exact) mass is 212 g/mol. The second kappa shape index (κ2) is 5.65. The molecule has 0 aliphatic heterocycles. The fourth-order valence-electron chi connectivity index (χ4n) is 0.659. The van der Waals surface area contributed by atoms with Crippen LogP contribution in [0.5, 0.6) is 0 Å². The molecule has 4 heteroatoms. The van der Waals surface area contributed by atoms with E-state index in [1.54, 1.807) is 0 Å². The number of alkyl halides is 2. The first-order chi connectivity index (χ1) is 5.60. The number of halogens is 2. The van der Waals surface area contributed by atoms with Crippen molar-refractivity contribution in [3.63, 3.8) is 0 Å². The normalized spacial score (nSPS) is 11.3. The molecule has 0 saturated carbocycles. The fourth-order valence-corrected chi connectivity index (χ4v) is 1.48. The third-order valence-corrected chi connectivity index (χ3v) is 3.03. The molecule has 0 aliphatic carbocycles. The Balaban J connectivity index is 4.01. The smallest absolute Gasteiger partial charge is 0.302 e. The predicted octanol–water partition coefficient (Wildman–Crippen LogP) is 2.42. The summed E-state index contributed by atoms with van der Waals surface area (Å²) < 4.78 is 4.87. The minimum absolute atomic E-state index is 0.255. The Kier molecular flexibility index (Phi) is 5.68. The van der Waals surface area contributed by atoms with E-state index in [0.717, 1.165) is 6.42 Å². The molecule has 2 nitrogen and oxygen atoms in total. The number of carbonyl (C=O) groups is 1. The van der Waals surface area contributed by atoms with Gasteiger partial charge < -0.3 is 4.74 Å². The summed E-state index contributed by atoms with van der Waals surface area (Å²) in [5.74, 6) is 0.545. The van der Waals surface area contributed by atoms with Crippen LogP contribution in [0.2, 0.25) is 0 Å². The van der Waals surface area contributed by atoms with Crippen LogP contribution in [0.15, 0.2) is 0 Å². The highest BCUT2D eigenvalue weighted by molar-refractivity contribution is 6.21. The second-order valence-electron chi connectivity index (χ2n) is 2.90. The number of hydrogen-bond donors (Lipinski definition) is 0. The van der Waals surface area contributed by atoms with Crippen molar-refractivity contribution in [2.45, 2.75) is 20.3 Å². The van der Waals surface area contributed by atoms with E-state index >= 15 is 0 Å². The van der Waals surface area contributed by atoms with E-state index < -0.39 is 0 Å². The highest BCUT2D eigenvalue weighted by Gasteiger charge is 2.27. The molecule has 0 aromatic rings. The second-order valence-corrected chi connectivity index (χ2v) is 3.44. The average Bonchev–Trinajstić information content (AvgIpc) is 2.08. The third kappa shape index (κ3) is 3.63. The standard InChI is InChI=1S/C8H14Cl2O2/c1-3-8(4-9,5-10)6-12-7(2)11/h3-6H2,1-2H3. The molecule has 0 atom stereocenters. The van der Waals surface area contributed by atoms with Crippen LogP contribution in [0.25, 0.3) is 0 Å². The van der Waals surface area contributed by atoms with Gasteiger partial charge in [0, 0.05) is 24.1 Å². The molecular formula is C8H14Cl2O2. The SMILES string of the molecule is CCC(CCl)(CCl)COC(C)=O. The van der Waals surface area contributed by atoms with Gasteiger partial charge in [0.15, 0.2) is 0 Å². The number of ether oxygens (including phenoxy) is 1. The van der Waals surface area contributed by atoms with Gasteiger partial charge in [0.1, 0.15) is 0 Å². The maximum atomic E-state index is 10.5. The van der Waals surface area contributed by atoms with Crippen LogP contribution in [0, 0.1) is 5.41 Å². The Morgan fingerprint density at radius 3 is 2.17 bits per heavy atom. The summed E-state index contributed by atoms with van der Waals surface area (Å²) in [6.07, 6.45) is 0.813. The van der Waals surface area contributed by atoms with E-state index in [2.05, 4.69) is 0 Å². The largest absolute Gasteiger partial charge is 0.465 e. The molecule has 0 radical (unpaired) electrons. The summed E-state index contributed by atoms with van der Waals surface area (Å²) in [5.41, 5.74) is -0.255. The van der Waals surface area contributed by atoms with Crippen molar-refractivity contribution in [3.8, 4) is 0 Å². The molecule has 0 fully saturated rings. The molecule has 0 unspecified atom stereocenters. The molecule has 12 heavy (non-hydrogen) atoms. The molecule has 0 aliphatic rings. The van der Waals surface area contributed by atoms with E-state index in [9.17, 15) is 4.79 Å². The zero-order chi connectivity index (χ0) is 9.61. The maximum absolute atomic E-state index is 10.5. The summed E-state index contributed by atoms with van der Waals surface area (Å²) in [5, 5.41) is 0. The lowest BCUT2D eigenvalue weighted by atomic mass is 9.91. The molecular weight excluding hydrogens is 199 g/mol. The third-order valence-electron chi connectivity index (χ3n) is 1.90. The van der Waals surface area contributed by atoms with Gasteiger partial charge in [-0.25, -0.2) is 0 Å². The van der Waals surface area contributed by atoms with Gasteiger partial charge >= 0.3 is 5.97 Å². The van der Waals surface area contributed by atoms with Gasteiger partial charge in [-0.1, -0.05) is 6.92 Å². The summed E-state index contributed by atoms with van der Waals surface area (Å²) in [6.45, 7) is 3.67. The number of rotatable bonds is 5. The Morgan fingerprint density at radius 2 is 1.92 bits per heavy atom. The molecule has 0 aromatic carbocycles. The van der Waals surface area contributed by atoms with Crippen LogP contribution in [0.1, 0.15) is 20.3 Å². The van der Waals surface area contributed by atoms with Crippen LogP contribution in [0.4, 0.5) is 0 Å². The van der Waals surface area contributed by atoms with E-state index in [-0.39, 0.29) is 11.4 Å². The van der Waals surface area contributed by atoms with Crippen LogP contribution in [-0.4, -0.2) is 24.3 Å². The highest BCUT2D eigenvalue weighted by Crippen LogP contribution is 2.25. The molecule has 0 rings (SSSR count). The Bertz CT molecular complexity index is 136. The summed E-state index contributed by atoms with van der Waals surface area (Å²) >= 11 is 11.5. The van der Waals surface area contributed by atoms with Crippen molar-refractivity contribution in [3.05, 3.63) is 0 Å². The number of carbonyl (C=O) groups excluding carboxylic acids is 1. The van der Waals surface area contributed by atoms with Gasteiger partial charge in [0.25, 0.3) is 0 Å². The summed E-state index contributed by atoms with van der Waals surface area (Å²) in [7, 11) is 0. The van der Waals surface area contributed by atoms with Gasteiger partial charge in [-0.2, -0.15) is 0 Å². The molecule has 0 amide bonds. The zero-order valence-corrected chi connectivity index (χ0v) is 8.91. The zero-order valence-electron chi connectivity index (χ0n) is 7.40. The van der Waals surface area contributed by atoms with Crippen LogP contribution >= 0.6 is 23.2 Å². The van der Waals surface area contributed by atoms with Gasteiger partial charge in [-0.05, 0) is 6.42 Å². The van der Waals surface area contributed by atoms with E-state index in [1.165, 1.54) is 6.92 Å². The molecule has 0 spiro atoms. The van der Waals surface area contributed by atoms with Gasteiger partial charge in [0.05, 0.1) is 6.61 Å². The first-order valence-corrected chi connectivity index (χ1v) is 4.92. The molecule has 0 bridgehead atoms. The minimum atomic E-state index is -0.289. The van der Waals surface area contributed by atoms with Crippen LogP contribution in [-0.2, 0) is 9.53 Å². The van der Waals surface area contributed by atoms with Crippen LogP contribution in [0.3, 0.4) is 0 Å². The predicted molar refractivity (Wildman–Crippen MR) is 50.8 cm³/mol. The van der Waals surface area contributed by atoms with Crippen molar-refractivity contribution in [2.75, 3.05) is 18.4 Å². The van der Waals surface area contributed by atoms with E-state index in [4.69, 9.17) is 27.9 Å². The van der Waals surface area contributed by atoms with Crippen molar-refractivity contribution < 1.29 is 9.53 Å². The fraction of sp³-hybridized carbons (Fsp3) is 0.875. The lowest BCUT2D eigenvalue weighted by molar-refractivity contribution is -0.143. The summed E-state index contributed by atoms with van der Waals surface area (Å²) in [6, 6.07) is 0. The van der Waals surface area contributed by atoms with Crippen molar-refractivity contribution in [1.29, 1.82) is 0 Å². The maximum Gasteiger partial charge on any atom is 0.302 e. The van der Waals surface area contributed by atoms with Crippen LogP contribution < -0.4 is 0 Å². The minimum Gasteiger partial charge on any atom is -0.465 e. The molecule has 0 saturated heterocycles. The lowest BCUT2D eigenvalue weighted by Crippen LogP contribution is -2.31. The first-order valence-electron chi connectivity index (χ1n) is 3.85. The van der Waals surface area contributed by atoms with E-state index in [0.29, 0.717) is 18.4 Å². The molecule has 0 aromatic heterocycles.